The van der Waals surface area contributed by atoms with E-state index in [0.717, 1.165) is 5.56 Å². The summed E-state index contributed by atoms with van der Waals surface area (Å²) in [6.07, 6.45) is 3.36. The van der Waals surface area contributed by atoms with Gasteiger partial charge in [-0.25, -0.2) is 0 Å². The highest BCUT2D eigenvalue weighted by Gasteiger charge is 2.75. The molecule has 3 amide bonds. The van der Waals surface area contributed by atoms with Crippen LogP contribution < -0.4 is 4.90 Å². The van der Waals surface area contributed by atoms with Crippen molar-refractivity contribution in [2.45, 2.75) is 82.4 Å². The minimum Gasteiger partial charge on any atom is -0.455 e. The van der Waals surface area contributed by atoms with Crippen molar-refractivity contribution in [2.24, 2.45) is 11.8 Å². The molecule has 1 N–H and O–H groups in total. The van der Waals surface area contributed by atoms with Crippen LogP contribution in [0.3, 0.4) is 0 Å². The molecule has 0 unspecified atom stereocenters. The van der Waals surface area contributed by atoms with Gasteiger partial charge in [-0.1, -0.05) is 66.2 Å². The molecule has 49 heavy (non-hydrogen) atoms. The number of aryl methyl sites for hydroxylation is 1. The molecule has 2 aromatic carbocycles. The van der Waals surface area contributed by atoms with Crippen LogP contribution in [0.25, 0.3) is 0 Å². The molecule has 3 heterocycles. The van der Waals surface area contributed by atoms with Crippen molar-refractivity contribution in [2.75, 3.05) is 25.1 Å². The Morgan fingerprint density at radius 1 is 1.14 bits per heavy atom. The smallest absolute Gasteiger partial charge is 0.313 e. The molecule has 1 spiro atoms. The van der Waals surface area contributed by atoms with E-state index in [1.807, 2.05) is 50.2 Å². The average Bonchev–Trinajstić information content (AvgIpc) is 3.75. The number of rotatable bonds is 14. The number of carbonyl (C=O) groups excluding carboxylic acids is 4. The number of benzene rings is 2. The summed E-state index contributed by atoms with van der Waals surface area (Å²) in [5.41, 5.74) is 0.621. The number of likely N-dealkylation sites (tertiary alicyclic amines) is 1. The second-order valence-electron chi connectivity index (χ2n) is 13.3. The van der Waals surface area contributed by atoms with E-state index in [0.29, 0.717) is 35.5 Å². The van der Waals surface area contributed by atoms with Crippen molar-refractivity contribution in [3.8, 4) is 0 Å². The second kappa shape index (κ2) is 14.9. The van der Waals surface area contributed by atoms with Gasteiger partial charge in [0, 0.05) is 20.0 Å². The first-order chi connectivity index (χ1) is 23.4. The minimum atomic E-state index is -1.33. The number of anilines is 1. The van der Waals surface area contributed by atoms with Crippen LogP contribution in [0.4, 0.5) is 5.69 Å². The van der Waals surface area contributed by atoms with Crippen molar-refractivity contribution in [1.82, 2.24) is 9.80 Å². The average molecular weight is 692 g/mol. The summed E-state index contributed by atoms with van der Waals surface area (Å²) in [6.45, 7) is 12.6. The summed E-state index contributed by atoms with van der Waals surface area (Å²) in [6, 6.07) is 12.1. The van der Waals surface area contributed by atoms with E-state index in [1.54, 1.807) is 43.2 Å². The number of halogens is 1. The lowest BCUT2D eigenvalue weighted by Crippen LogP contribution is -2.58. The van der Waals surface area contributed by atoms with Crippen LogP contribution in [0.1, 0.15) is 56.8 Å². The van der Waals surface area contributed by atoms with Crippen molar-refractivity contribution >= 4 is 41.0 Å². The van der Waals surface area contributed by atoms with Crippen molar-refractivity contribution in [1.29, 1.82) is 0 Å². The molecule has 10 nitrogen and oxygen atoms in total. The number of allylic oxidation sites excluding steroid dienone is 1. The number of para-hydroxylation sites is 1. The summed E-state index contributed by atoms with van der Waals surface area (Å²) < 4.78 is 12.9. The number of nitrogens with zero attached hydrogens (tertiary/aromatic N) is 3. The quantitative estimate of drug-likeness (QED) is 0.219. The molecule has 2 bridgehead atoms. The fourth-order valence-electron chi connectivity index (χ4n) is 7.86. The topological polar surface area (TPSA) is 117 Å². The monoisotopic (exact) mass is 691 g/mol. The zero-order valence-corrected chi connectivity index (χ0v) is 29.3. The Morgan fingerprint density at radius 2 is 1.86 bits per heavy atom. The maximum atomic E-state index is 14.8. The highest BCUT2D eigenvalue weighted by atomic mass is 35.5. The van der Waals surface area contributed by atoms with Gasteiger partial charge in [-0.15, -0.1) is 13.2 Å². The summed E-state index contributed by atoms with van der Waals surface area (Å²) in [5.74, 6) is -3.64. The fourth-order valence-corrected chi connectivity index (χ4v) is 8.18. The Bertz CT molecular complexity index is 1580. The first-order valence-electron chi connectivity index (χ1n) is 16.8. The number of amides is 3. The molecule has 0 saturated carbocycles. The van der Waals surface area contributed by atoms with Crippen LogP contribution in [0.15, 0.2) is 73.8 Å². The van der Waals surface area contributed by atoms with Crippen molar-refractivity contribution in [3.63, 3.8) is 0 Å². The third kappa shape index (κ3) is 6.42. The lowest BCUT2D eigenvalue weighted by Gasteiger charge is -2.39. The highest BCUT2D eigenvalue weighted by Crippen LogP contribution is 2.59. The Morgan fingerprint density at radius 3 is 2.49 bits per heavy atom. The third-order valence-electron chi connectivity index (χ3n) is 10.4. The van der Waals surface area contributed by atoms with Gasteiger partial charge in [0.15, 0.2) is 0 Å². The van der Waals surface area contributed by atoms with E-state index in [4.69, 9.17) is 21.1 Å². The number of hydrogen-bond donors (Lipinski definition) is 1. The van der Waals surface area contributed by atoms with Gasteiger partial charge in [0.2, 0.25) is 11.8 Å². The zero-order valence-electron chi connectivity index (χ0n) is 28.6. The van der Waals surface area contributed by atoms with Crippen molar-refractivity contribution < 1.29 is 33.8 Å². The molecule has 3 aliphatic heterocycles. The number of aliphatic hydroxyl groups is 1. The van der Waals surface area contributed by atoms with Gasteiger partial charge in [-0.05, 0) is 57.2 Å². The molecule has 0 aromatic heterocycles. The van der Waals surface area contributed by atoms with Crippen LogP contribution in [0, 0.1) is 18.8 Å². The second-order valence-corrected chi connectivity index (χ2v) is 13.7. The molecule has 3 saturated heterocycles. The molecule has 8 atom stereocenters. The molecule has 3 aliphatic rings. The molecule has 0 aliphatic carbocycles. The summed E-state index contributed by atoms with van der Waals surface area (Å²) in [7, 11) is 1.68. The normalized spacial score (nSPS) is 25.7. The van der Waals surface area contributed by atoms with Crippen molar-refractivity contribution in [3.05, 3.63) is 90.0 Å². The Hall–Kier alpha value is -3.99. The zero-order chi connectivity index (χ0) is 35.6. The third-order valence-corrected chi connectivity index (χ3v) is 10.7. The van der Waals surface area contributed by atoms with Crippen LogP contribution in [0.5, 0.6) is 0 Å². The number of ether oxygens (including phenoxy) is 2. The minimum absolute atomic E-state index is 0.112. The molecular formula is C38H46ClN3O7. The molecule has 3 fully saturated rings. The molecule has 262 valence electrons. The lowest BCUT2D eigenvalue weighted by atomic mass is 9.70. The van der Waals surface area contributed by atoms with Crippen LogP contribution in [-0.4, -0.2) is 88.6 Å². The maximum Gasteiger partial charge on any atom is 0.313 e. The maximum absolute atomic E-state index is 14.8. The Kier molecular flexibility index (Phi) is 11.0. The van der Waals surface area contributed by atoms with Gasteiger partial charge >= 0.3 is 5.97 Å². The largest absolute Gasteiger partial charge is 0.455 e. The van der Waals surface area contributed by atoms with E-state index in [9.17, 15) is 24.3 Å². The number of hydrogen-bond acceptors (Lipinski definition) is 7. The van der Waals surface area contributed by atoms with Gasteiger partial charge in [-0.2, -0.15) is 0 Å². The number of esters is 1. The fraction of sp³-hybridized carbons (Fsp3) is 0.474. The first kappa shape index (κ1) is 36.3. The standard InChI is InChI=1S/C38H46ClN3O7/c1-7-9-18-29(44)40(6)25(5)33(26-15-11-10-12-16-26)48-37(47)30-28-19-20-38(49-28)31(30)35(45)42(24(4)22-43)34(38)36(46)41(21-8-2)32-23(3)14-13-17-27(32)39/h7-8,10-17,24-25,28,30-31,33-34,43H,1-2,9,18-22H2,3-6H3/t24-,25+,28+,30-,31-,33-,34+,38-/m1/s1. The van der Waals surface area contributed by atoms with Crippen LogP contribution in [0.2, 0.25) is 5.02 Å². The SMILES string of the molecule is C=CCCC(=O)N(C)[C@@H](C)[C@@H](OC(=O)[C@@H]1[C@@H]2CC[C@]3(O2)[C@H](C(=O)N(CC=C)c2c(C)cccc2Cl)N([C@H](C)CO)C(=O)[C@@H]13)c1ccccc1. The summed E-state index contributed by atoms with van der Waals surface area (Å²) in [4.78, 5) is 61.1. The molecule has 11 heteroatoms. The number of aliphatic hydroxyl groups excluding tert-OH is 1. The van der Waals surface area contributed by atoms with Crippen LogP contribution in [-0.2, 0) is 28.7 Å². The van der Waals surface area contributed by atoms with E-state index in [1.165, 1.54) is 9.80 Å². The summed E-state index contributed by atoms with van der Waals surface area (Å²) in [5, 5.41) is 10.7. The predicted molar refractivity (Wildman–Crippen MR) is 187 cm³/mol. The van der Waals surface area contributed by atoms with Crippen LogP contribution >= 0.6 is 11.6 Å². The van der Waals surface area contributed by atoms with Gasteiger partial charge in [0.1, 0.15) is 17.7 Å². The highest BCUT2D eigenvalue weighted by molar-refractivity contribution is 6.34. The number of carbonyl (C=O) groups is 4. The van der Waals surface area contributed by atoms with E-state index < -0.39 is 72.2 Å². The van der Waals surface area contributed by atoms with E-state index in [2.05, 4.69) is 13.2 Å². The van der Waals surface area contributed by atoms with Gasteiger partial charge in [0.05, 0.1) is 47.3 Å². The summed E-state index contributed by atoms with van der Waals surface area (Å²) >= 11 is 6.64. The van der Waals surface area contributed by atoms with E-state index >= 15 is 0 Å². The molecular weight excluding hydrogens is 646 g/mol. The molecule has 2 aromatic rings. The predicted octanol–water partition coefficient (Wildman–Crippen LogP) is 5.02. The Balaban J connectivity index is 1.51. The van der Waals surface area contributed by atoms with Gasteiger partial charge < -0.3 is 29.3 Å². The molecule has 5 rings (SSSR count). The first-order valence-corrected chi connectivity index (χ1v) is 17.2. The Labute approximate surface area is 293 Å². The van der Waals surface area contributed by atoms with Gasteiger partial charge in [-0.3, -0.25) is 19.2 Å². The number of likely N-dealkylation sites (N-methyl/N-ethyl adjacent to an activating group) is 1. The van der Waals surface area contributed by atoms with E-state index in [-0.39, 0.29) is 18.9 Å². The lowest BCUT2D eigenvalue weighted by molar-refractivity contribution is -0.165. The number of fused-ring (bicyclic) bond motifs is 1. The molecule has 0 radical (unpaired) electrons. The van der Waals surface area contributed by atoms with Gasteiger partial charge in [0.25, 0.3) is 5.91 Å².